The van der Waals surface area contributed by atoms with Crippen molar-refractivity contribution in [3.05, 3.63) is 18.2 Å². The first-order valence-electron chi connectivity index (χ1n) is 7.17. The molecule has 5 nitrogen and oxygen atoms in total. The predicted molar refractivity (Wildman–Crippen MR) is 74.8 cm³/mol. The van der Waals surface area contributed by atoms with E-state index < -0.39 is 0 Å². The molecule has 2 heterocycles. The van der Waals surface area contributed by atoms with Crippen LogP contribution in [0.25, 0.3) is 0 Å². The number of nitrogens with one attached hydrogen (secondary N) is 1. The van der Waals surface area contributed by atoms with Crippen LogP contribution in [0.3, 0.4) is 0 Å². The van der Waals surface area contributed by atoms with E-state index in [2.05, 4.69) is 28.8 Å². The van der Waals surface area contributed by atoms with Crippen LogP contribution in [0.15, 0.2) is 12.4 Å². The van der Waals surface area contributed by atoms with Crippen LogP contribution in [0.1, 0.15) is 32.0 Å². The first-order valence-corrected chi connectivity index (χ1v) is 7.17. The Hall–Kier alpha value is -1.36. The molecule has 0 aromatic carbocycles. The highest BCUT2D eigenvalue weighted by Gasteiger charge is 2.24. The van der Waals surface area contributed by atoms with Crippen molar-refractivity contribution >= 4 is 5.91 Å². The highest BCUT2D eigenvalue weighted by atomic mass is 16.2. The van der Waals surface area contributed by atoms with Crippen LogP contribution in [0, 0.1) is 0 Å². The van der Waals surface area contributed by atoms with Crippen molar-refractivity contribution < 1.29 is 4.79 Å². The van der Waals surface area contributed by atoms with Gasteiger partial charge in [-0.2, -0.15) is 0 Å². The Morgan fingerprint density at radius 1 is 1.53 bits per heavy atom. The zero-order valence-electron chi connectivity index (χ0n) is 11.9. The lowest BCUT2D eigenvalue weighted by Gasteiger charge is -2.36. The van der Waals surface area contributed by atoms with Crippen LogP contribution in [0.5, 0.6) is 0 Å². The van der Waals surface area contributed by atoms with Gasteiger partial charge in [-0.05, 0) is 26.4 Å². The van der Waals surface area contributed by atoms with E-state index in [4.69, 9.17) is 0 Å². The van der Waals surface area contributed by atoms with Crippen molar-refractivity contribution in [2.24, 2.45) is 0 Å². The molecule has 0 radical (unpaired) electrons. The van der Waals surface area contributed by atoms with Gasteiger partial charge in [-0.15, -0.1) is 0 Å². The SMILES string of the molecule is CCN(C)C1CCN(C(=O)CCc2ncc[nH]2)CC1. The number of hydrogen-bond donors (Lipinski definition) is 1. The van der Waals surface area contributed by atoms with Gasteiger partial charge in [-0.3, -0.25) is 4.79 Å². The second-order valence-electron chi connectivity index (χ2n) is 5.22. The van der Waals surface area contributed by atoms with Gasteiger partial charge < -0.3 is 14.8 Å². The van der Waals surface area contributed by atoms with E-state index in [-0.39, 0.29) is 5.91 Å². The third-order valence-corrected chi connectivity index (χ3v) is 4.07. The van der Waals surface area contributed by atoms with Crippen molar-refractivity contribution in [1.82, 2.24) is 19.8 Å². The van der Waals surface area contributed by atoms with Gasteiger partial charge in [0.25, 0.3) is 0 Å². The summed E-state index contributed by atoms with van der Waals surface area (Å²) in [6, 6.07) is 0.638. The lowest BCUT2D eigenvalue weighted by atomic mass is 10.0. The molecule has 0 aliphatic carbocycles. The Morgan fingerprint density at radius 2 is 2.26 bits per heavy atom. The van der Waals surface area contributed by atoms with Gasteiger partial charge >= 0.3 is 0 Å². The first kappa shape index (κ1) is 14.1. The normalized spacial score (nSPS) is 17.1. The third kappa shape index (κ3) is 3.80. The molecule has 1 aliphatic heterocycles. The molecule has 0 atom stereocenters. The molecular weight excluding hydrogens is 240 g/mol. The van der Waals surface area contributed by atoms with E-state index in [9.17, 15) is 4.79 Å². The number of piperidine rings is 1. The van der Waals surface area contributed by atoms with Crippen molar-refractivity contribution in [3.63, 3.8) is 0 Å². The van der Waals surface area contributed by atoms with Gasteiger partial charge in [0.15, 0.2) is 0 Å². The molecule has 1 aliphatic rings. The summed E-state index contributed by atoms with van der Waals surface area (Å²) in [5.41, 5.74) is 0. The Balaban J connectivity index is 1.73. The summed E-state index contributed by atoms with van der Waals surface area (Å²) in [7, 11) is 2.17. The summed E-state index contributed by atoms with van der Waals surface area (Å²) in [5, 5.41) is 0. The molecule has 0 spiro atoms. The zero-order chi connectivity index (χ0) is 13.7. The average Bonchev–Trinajstić information content (AvgIpc) is 2.97. The number of aromatic nitrogens is 2. The number of carbonyl (C=O) groups is 1. The Bertz CT molecular complexity index is 382. The van der Waals surface area contributed by atoms with Crippen LogP contribution in [-0.2, 0) is 11.2 Å². The minimum Gasteiger partial charge on any atom is -0.349 e. The maximum absolute atomic E-state index is 12.1. The number of hydrogen-bond acceptors (Lipinski definition) is 3. The minimum absolute atomic E-state index is 0.258. The lowest BCUT2D eigenvalue weighted by Crippen LogP contribution is -2.45. The van der Waals surface area contributed by atoms with Crippen molar-refractivity contribution in [1.29, 1.82) is 0 Å². The largest absolute Gasteiger partial charge is 0.349 e. The summed E-state index contributed by atoms with van der Waals surface area (Å²) in [6.07, 6.45) is 6.98. The quantitative estimate of drug-likeness (QED) is 0.872. The molecular formula is C14H24N4O. The van der Waals surface area contributed by atoms with Gasteiger partial charge in [0.2, 0.25) is 5.91 Å². The predicted octanol–water partition coefficient (Wildman–Crippen LogP) is 1.28. The van der Waals surface area contributed by atoms with Crippen LogP contribution in [0.4, 0.5) is 0 Å². The molecule has 1 saturated heterocycles. The molecule has 1 fully saturated rings. The number of likely N-dealkylation sites (tertiary alicyclic amines) is 1. The van der Waals surface area contributed by atoms with Crippen LogP contribution in [0.2, 0.25) is 0 Å². The summed E-state index contributed by atoms with van der Waals surface area (Å²) >= 11 is 0. The monoisotopic (exact) mass is 264 g/mol. The molecule has 0 saturated carbocycles. The van der Waals surface area contributed by atoms with Gasteiger partial charge in [0.05, 0.1) is 0 Å². The summed E-state index contributed by atoms with van der Waals surface area (Å²) in [5.74, 6) is 1.16. The third-order valence-electron chi connectivity index (χ3n) is 4.07. The maximum atomic E-state index is 12.1. The number of rotatable bonds is 5. The van der Waals surface area contributed by atoms with Gasteiger partial charge in [-0.1, -0.05) is 6.92 Å². The highest BCUT2D eigenvalue weighted by Crippen LogP contribution is 2.16. The number of amides is 1. The topological polar surface area (TPSA) is 52.2 Å². The number of H-pyrrole nitrogens is 1. The summed E-state index contributed by atoms with van der Waals surface area (Å²) < 4.78 is 0. The van der Waals surface area contributed by atoms with E-state index >= 15 is 0 Å². The fourth-order valence-electron chi connectivity index (χ4n) is 2.63. The molecule has 1 amide bonds. The van der Waals surface area contributed by atoms with Crippen molar-refractivity contribution in [2.45, 2.75) is 38.6 Å². The smallest absolute Gasteiger partial charge is 0.223 e. The van der Waals surface area contributed by atoms with Gasteiger partial charge in [0, 0.05) is 44.4 Å². The summed E-state index contributed by atoms with van der Waals surface area (Å²) in [6.45, 7) is 5.05. The van der Waals surface area contributed by atoms with E-state index in [1.807, 2.05) is 4.90 Å². The molecule has 19 heavy (non-hydrogen) atoms. The van der Waals surface area contributed by atoms with Gasteiger partial charge in [-0.25, -0.2) is 4.98 Å². The average molecular weight is 264 g/mol. The van der Waals surface area contributed by atoms with E-state index in [0.29, 0.717) is 18.9 Å². The van der Waals surface area contributed by atoms with Crippen LogP contribution in [-0.4, -0.2) is 58.4 Å². The molecule has 1 aromatic rings. The van der Waals surface area contributed by atoms with E-state index in [0.717, 1.165) is 38.3 Å². The standard InChI is InChI=1S/C14H24N4O/c1-3-17(2)12-6-10-18(11-7-12)14(19)5-4-13-15-8-9-16-13/h8-9,12H,3-7,10-11H2,1-2H3,(H,15,16). The molecule has 106 valence electrons. The lowest BCUT2D eigenvalue weighted by molar-refractivity contribution is -0.132. The van der Waals surface area contributed by atoms with Crippen LogP contribution < -0.4 is 0 Å². The Kier molecular flexibility index (Phi) is 4.96. The van der Waals surface area contributed by atoms with Crippen molar-refractivity contribution in [2.75, 3.05) is 26.7 Å². The Morgan fingerprint density at radius 3 is 2.84 bits per heavy atom. The molecule has 0 bridgehead atoms. The minimum atomic E-state index is 0.258. The maximum Gasteiger partial charge on any atom is 0.223 e. The number of aryl methyl sites for hydroxylation is 1. The van der Waals surface area contributed by atoms with Crippen LogP contribution >= 0.6 is 0 Å². The summed E-state index contributed by atoms with van der Waals surface area (Å²) in [4.78, 5) is 23.7. The number of imidazole rings is 1. The fourth-order valence-corrected chi connectivity index (χ4v) is 2.63. The second-order valence-corrected chi connectivity index (χ2v) is 5.22. The molecule has 1 N–H and O–H groups in total. The van der Waals surface area contributed by atoms with E-state index in [1.165, 1.54) is 0 Å². The second kappa shape index (κ2) is 6.70. The highest BCUT2D eigenvalue weighted by molar-refractivity contribution is 5.76. The zero-order valence-corrected chi connectivity index (χ0v) is 11.9. The van der Waals surface area contributed by atoms with E-state index in [1.54, 1.807) is 12.4 Å². The van der Waals surface area contributed by atoms with Crippen molar-refractivity contribution in [3.8, 4) is 0 Å². The Labute approximate surface area is 115 Å². The number of nitrogens with zero attached hydrogens (tertiary/aromatic N) is 3. The first-order chi connectivity index (χ1) is 9.20. The molecule has 1 aromatic heterocycles. The molecule has 5 heteroatoms. The number of carbonyl (C=O) groups excluding carboxylic acids is 1. The number of aromatic amines is 1. The molecule has 2 rings (SSSR count). The molecule has 0 unspecified atom stereocenters. The fraction of sp³-hybridized carbons (Fsp3) is 0.714. The van der Waals surface area contributed by atoms with Gasteiger partial charge in [0.1, 0.15) is 5.82 Å².